The Kier molecular flexibility index (Phi) is 5.81. The second kappa shape index (κ2) is 7.63. The van der Waals surface area contributed by atoms with Gasteiger partial charge in [-0.05, 0) is 29.8 Å². The van der Waals surface area contributed by atoms with Crippen LogP contribution >= 0.6 is 11.6 Å². The quantitative estimate of drug-likeness (QED) is 0.796. The van der Waals surface area contributed by atoms with Crippen LogP contribution in [0.25, 0.3) is 0 Å². The fourth-order valence-electron chi connectivity index (χ4n) is 2.04. The molecule has 2 rings (SSSR count). The van der Waals surface area contributed by atoms with E-state index in [-0.39, 0.29) is 18.9 Å². The van der Waals surface area contributed by atoms with E-state index in [0.29, 0.717) is 16.3 Å². The van der Waals surface area contributed by atoms with E-state index < -0.39 is 16.1 Å². The van der Waals surface area contributed by atoms with Gasteiger partial charge in [-0.1, -0.05) is 23.7 Å². The van der Waals surface area contributed by atoms with E-state index in [1.807, 2.05) is 0 Å². The number of hydrogen-bond donors (Lipinski definition) is 2. The highest BCUT2D eigenvalue weighted by molar-refractivity contribution is 7.88. The molecule has 1 atom stereocenters. The van der Waals surface area contributed by atoms with Gasteiger partial charge in [-0.15, -0.1) is 0 Å². The molecule has 1 heterocycles. The molecule has 0 aliphatic carbocycles. The number of benzene rings is 1. The Labute approximate surface area is 139 Å². The van der Waals surface area contributed by atoms with Crippen LogP contribution < -0.4 is 10.0 Å². The van der Waals surface area contributed by atoms with Gasteiger partial charge in [0.25, 0.3) is 0 Å². The zero-order chi connectivity index (χ0) is 16.9. The Morgan fingerprint density at radius 3 is 2.52 bits per heavy atom. The van der Waals surface area contributed by atoms with E-state index >= 15 is 0 Å². The van der Waals surface area contributed by atoms with Gasteiger partial charge in [0.05, 0.1) is 25.1 Å². The Balaban J connectivity index is 2.04. The van der Waals surface area contributed by atoms with Crippen molar-refractivity contribution < 1.29 is 17.6 Å². The first-order valence-electron chi connectivity index (χ1n) is 6.85. The minimum Gasteiger partial charge on any atom is -0.467 e. The maximum Gasteiger partial charge on any atom is 0.222 e. The molecule has 2 aromatic rings. The Morgan fingerprint density at radius 2 is 1.96 bits per heavy atom. The molecule has 0 fully saturated rings. The molecule has 0 saturated heterocycles. The van der Waals surface area contributed by atoms with Crippen molar-refractivity contribution in [2.45, 2.75) is 19.0 Å². The average molecular weight is 357 g/mol. The van der Waals surface area contributed by atoms with Crippen molar-refractivity contribution >= 4 is 27.5 Å². The highest BCUT2D eigenvalue weighted by Crippen LogP contribution is 2.20. The van der Waals surface area contributed by atoms with E-state index in [1.165, 1.54) is 6.26 Å². The number of furan rings is 1. The van der Waals surface area contributed by atoms with Gasteiger partial charge in [0.2, 0.25) is 15.9 Å². The largest absolute Gasteiger partial charge is 0.467 e. The predicted octanol–water partition coefficient (Wildman–Crippen LogP) is 2.23. The lowest BCUT2D eigenvalue weighted by molar-refractivity contribution is -0.121. The Morgan fingerprint density at radius 1 is 1.26 bits per heavy atom. The maximum absolute atomic E-state index is 12.1. The van der Waals surface area contributed by atoms with Gasteiger partial charge in [-0.25, -0.2) is 13.1 Å². The number of halogens is 1. The summed E-state index contributed by atoms with van der Waals surface area (Å²) < 4.78 is 30.6. The van der Waals surface area contributed by atoms with Crippen molar-refractivity contribution in [3.63, 3.8) is 0 Å². The van der Waals surface area contributed by atoms with Crippen LogP contribution in [-0.2, 0) is 21.4 Å². The monoisotopic (exact) mass is 356 g/mol. The lowest BCUT2D eigenvalue weighted by Crippen LogP contribution is -2.33. The summed E-state index contributed by atoms with van der Waals surface area (Å²) in [5.74, 6) is 0.329. The smallest absolute Gasteiger partial charge is 0.222 e. The standard InChI is InChI=1S/C15H17ClN2O4S/c1-23(20,21)18-14(11-4-6-12(16)7-5-11)9-15(19)17-10-13-3-2-8-22-13/h2-8,14,18H,9-10H2,1H3,(H,17,19). The average Bonchev–Trinajstić information content (AvgIpc) is 2.97. The molecule has 6 nitrogen and oxygen atoms in total. The molecule has 124 valence electrons. The molecule has 0 radical (unpaired) electrons. The maximum atomic E-state index is 12.1. The van der Waals surface area contributed by atoms with Crippen LogP contribution in [0.3, 0.4) is 0 Å². The number of sulfonamides is 1. The van der Waals surface area contributed by atoms with E-state index in [4.69, 9.17) is 16.0 Å². The van der Waals surface area contributed by atoms with Gasteiger partial charge in [0.15, 0.2) is 0 Å². The van der Waals surface area contributed by atoms with Crippen molar-refractivity contribution in [1.82, 2.24) is 10.0 Å². The van der Waals surface area contributed by atoms with E-state index in [9.17, 15) is 13.2 Å². The Bertz CT molecular complexity index is 742. The van der Waals surface area contributed by atoms with Crippen LogP contribution in [0.2, 0.25) is 5.02 Å². The summed E-state index contributed by atoms with van der Waals surface area (Å²) in [5, 5.41) is 3.23. The molecule has 0 spiro atoms. The van der Waals surface area contributed by atoms with Gasteiger partial charge in [-0.3, -0.25) is 4.79 Å². The van der Waals surface area contributed by atoms with E-state index in [2.05, 4.69) is 10.0 Å². The summed E-state index contributed by atoms with van der Waals surface area (Å²) >= 11 is 5.83. The van der Waals surface area contributed by atoms with Crippen LogP contribution in [0.15, 0.2) is 47.1 Å². The molecule has 2 N–H and O–H groups in total. The molecule has 1 aromatic carbocycles. The third kappa shape index (κ3) is 6.05. The fraction of sp³-hybridized carbons (Fsp3) is 0.267. The van der Waals surface area contributed by atoms with Gasteiger partial charge >= 0.3 is 0 Å². The van der Waals surface area contributed by atoms with Crippen LogP contribution in [0.4, 0.5) is 0 Å². The van der Waals surface area contributed by atoms with Gasteiger partial charge < -0.3 is 9.73 Å². The summed E-state index contributed by atoms with van der Waals surface area (Å²) in [7, 11) is -3.47. The third-order valence-corrected chi connectivity index (χ3v) is 4.02. The van der Waals surface area contributed by atoms with Crippen molar-refractivity contribution in [3.8, 4) is 0 Å². The summed E-state index contributed by atoms with van der Waals surface area (Å²) in [5.41, 5.74) is 0.660. The van der Waals surface area contributed by atoms with Crippen LogP contribution in [0.5, 0.6) is 0 Å². The molecule has 0 bridgehead atoms. The lowest BCUT2D eigenvalue weighted by Gasteiger charge is -2.17. The number of nitrogens with one attached hydrogen (secondary N) is 2. The molecular formula is C15H17ClN2O4S. The first-order chi connectivity index (χ1) is 10.8. The van der Waals surface area contributed by atoms with Crippen molar-refractivity contribution in [2.24, 2.45) is 0 Å². The first kappa shape index (κ1) is 17.5. The molecule has 1 aromatic heterocycles. The molecule has 0 aliphatic heterocycles. The van der Waals surface area contributed by atoms with Crippen LogP contribution in [-0.4, -0.2) is 20.6 Å². The highest BCUT2D eigenvalue weighted by atomic mass is 35.5. The highest BCUT2D eigenvalue weighted by Gasteiger charge is 2.19. The molecular weight excluding hydrogens is 340 g/mol. The molecule has 0 aliphatic rings. The summed E-state index contributed by atoms with van der Waals surface area (Å²) in [6, 6.07) is 9.47. The molecule has 23 heavy (non-hydrogen) atoms. The van der Waals surface area contributed by atoms with Crippen molar-refractivity contribution in [3.05, 3.63) is 59.0 Å². The number of rotatable bonds is 7. The topological polar surface area (TPSA) is 88.4 Å². The molecule has 1 unspecified atom stereocenters. The molecule has 8 heteroatoms. The minimum atomic E-state index is -3.47. The number of amides is 1. The number of carbonyl (C=O) groups is 1. The van der Waals surface area contributed by atoms with Gasteiger partial charge in [-0.2, -0.15) is 0 Å². The second-order valence-electron chi connectivity index (χ2n) is 5.05. The molecule has 1 amide bonds. The van der Waals surface area contributed by atoms with Crippen LogP contribution in [0.1, 0.15) is 23.8 Å². The Hall–Kier alpha value is -1.83. The first-order valence-corrected chi connectivity index (χ1v) is 9.12. The van der Waals surface area contributed by atoms with E-state index in [0.717, 1.165) is 6.26 Å². The summed E-state index contributed by atoms with van der Waals surface area (Å²) in [4.78, 5) is 12.1. The normalized spacial score (nSPS) is 12.8. The predicted molar refractivity (Wildman–Crippen MR) is 87.3 cm³/mol. The fourth-order valence-corrected chi connectivity index (χ4v) is 2.90. The summed E-state index contributed by atoms with van der Waals surface area (Å²) in [6.45, 7) is 0.248. The zero-order valence-corrected chi connectivity index (χ0v) is 14.0. The molecule has 0 saturated carbocycles. The lowest BCUT2D eigenvalue weighted by atomic mass is 10.0. The second-order valence-corrected chi connectivity index (χ2v) is 7.27. The van der Waals surface area contributed by atoms with Crippen molar-refractivity contribution in [2.75, 3.05) is 6.26 Å². The van der Waals surface area contributed by atoms with E-state index in [1.54, 1.807) is 36.4 Å². The number of carbonyl (C=O) groups excluding carboxylic acids is 1. The van der Waals surface area contributed by atoms with Gasteiger partial charge in [0, 0.05) is 11.4 Å². The third-order valence-electron chi connectivity index (χ3n) is 3.06. The van der Waals surface area contributed by atoms with Crippen LogP contribution in [0, 0.1) is 0 Å². The SMILES string of the molecule is CS(=O)(=O)NC(CC(=O)NCc1ccco1)c1ccc(Cl)cc1. The minimum absolute atomic E-state index is 0.0323. The summed E-state index contributed by atoms with van der Waals surface area (Å²) in [6.07, 6.45) is 2.54. The zero-order valence-electron chi connectivity index (χ0n) is 12.5. The number of hydrogen-bond acceptors (Lipinski definition) is 4. The van der Waals surface area contributed by atoms with Crippen molar-refractivity contribution in [1.29, 1.82) is 0 Å². The van der Waals surface area contributed by atoms with Gasteiger partial charge in [0.1, 0.15) is 5.76 Å².